The molecule has 0 saturated heterocycles. The molecule has 0 spiro atoms. The highest BCUT2D eigenvalue weighted by Crippen LogP contribution is 2.49. The van der Waals surface area contributed by atoms with Crippen LogP contribution in [0.1, 0.15) is 42.9 Å². The summed E-state index contributed by atoms with van der Waals surface area (Å²) < 4.78 is 26.0. The lowest BCUT2D eigenvalue weighted by atomic mass is 9.93. The van der Waals surface area contributed by atoms with Gasteiger partial charge in [0.15, 0.2) is 0 Å². The first-order valence-corrected chi connectivity index (χ1v) is 7.17. The number of hydrogen-bond acceptors (Lipinski definition) is 1. The van der Waals surface area contributed by atoms with E-state index in [0.717, 1.165) is 19.5 Å². The third-order valence-electron chi connectivity index (χ3n) is 4.42. The van der Waals surface area contributed by atoms with Gasteiger partial charge in [0.05, 0.1) is 0 Å². The monoisotopic (exact) mass is 265 g/mol. The number of hydrogen-bond donors (Lipinski definition) is 0. The number of benzene rings is 1. The van der Waals surface area contributed by atoms with E-state index < -0.39 is 11.8 Å². The normalized spacial score (nSPS) is 25.4. The zero-order chi connectivity index (χ0) is 13.6. The summed E-state index contributed by atoms with van der Waals surface area (Å²) in [6.07, 6.45) is 1.08. The fourth-order valence-electron chi connectivity index (χ4n) is 2.93. The first kappa shape index (κ1) is 13.0. The van der Waals surface area contributed by atoms with Gasteiger partial charge in [-0.2, -0.15) is 0 Å². The molecular formula is C16H21F2N. The number of fused-ring (bicyclic) bond motifs is 1. The summed E-state index contributed by atoms with van der Waals surface area (Å²) in [5.41, 5.74) is 4.07. The van der Waals surface area contributed by atoms with Crippen molar-refractivity contribution in [2.75, 3.05) is 13.1 Å². The van der Waals surface area contributed by atoms with Gasteiger partial charge in [0.25, 0.3) is 5.92 Å². The molecule has 1 unspecified atom stereocenters. The highest BCUT2D eigenvalue weighted by atomic mass is 19.3. The molecule has 0 N–H and O–H groups in total. The molecule has 2 aliphatic rings. The van der Waals surface area contributed by atoms with Crippen LogP contribution in [0, 0.1) is 5.92 Å². The van der Waals surface area contributed by atoms with Gasteiger partial charge >= 0.3 is 0 Å². The van der Waals surface area contributed by atoms with Crippen LogP contribution in [-0.4, -0.2) is 23.9 Å². The third-order valence-corrected chi connectivity index (χ3v) is 4.42. The summed E-state index contributed by atoms with van der Waals surface area (Å²) in [6, 6.07) is 6.68. The summed E-state index contributed by atoms with van der Waals surface area (Å²) in [4.78, 5) is 2.19. The van der Waals surface area contributed by atoms with Gasteiger partial charge in [0, 0.05) is 32.0 Å². The zero-order valence-corrected chi connectivity index (χ0v) is 11.6. The van der Waals surface area contributed by atoms with Crippen molar-refractivity contribution in [3.05, 3.63) is 34.9 Å². The molecule has 1 aliphatic heterocycles. The van der Waals surface area contributed by atoms with E-state index >= 15 is 0 Å². The second kappa shape index (κ2) is 4.55. The molecule has 1 aromatic rings. The summed E-state index contributed by atoms with van der Waals surface area (Å²) in [6.45, 7) is 6.68. The standard InChI is InChI=1S/C16H21F2N/c1-11(2)13-4-3-12-5-6-19(9-14(12)7-13)10-15-8-16(15,17)18/h3-4,7,11,15H,5-6,8-10H2,1-2H3. The van der Waals surface area contributed by atoms with Crippen LogP contribution in [0.4, 0.5) is 8.78 Å². The van der Waals surface area contributed by atoms with E-state index in [4.69, 9.17) is 0 Å². The molecule has 104 valence electrons. The Morgan fingerprint density at radius 3 is 2.68 bits per heavy atom. The molecule has 19 heavy (non-hydrogen) atoms. The quantitative estimate of drug-likeness (QED) is 0.803. The summed E-state index contributed by atoms with van der Waals surface area (Å²) >= 11 is 0. The van der Waals surface area contributed by atoms with E-state index in [1.54, 1.807) is 0 Å². The van der Waals surface area contributed by atoms with Gasteiger partial charge in [-0.15, -0.1) is 0 Å². The third kappa shape index (κ3) is 2.66. The molecule has 1 saturated carbocycles. The van der Waals surface area contributed by atoms with Crippen molar-refractivity contribution in [1.82, 2.24) is 4.90 Å². The second-order valence-corrected chi connectivity index (χ2v) is 6.33. The average Bonchev–Trinajstić information content (AvgIpc) is 2.95. The average molecular weight is 265 g/mol. The van der Waals surface area contributed by atoms with E-state index in [-0.39, 0.29) is 6.42 Å². The highest BCUT2D eigenvalue weighted by molar-refractivity contribution is 5.35. The largest absolute Gasteiger partial charge is 0.298 e. The van der Waals surface area contributed by atoms with E-state index in [1.807, 2.05) is 0 Å². The summed E-state index contributed by atoms with van der Waals surface area (Å²) in [5, 5.41) is 0. The van der Waals surface area contributed by atoms with Gasteiger partial charge < -0.3 is 0 Å². The van der Waals surface area contributed by atoms with Crippen molar-refractivity contribution in [3.8, 4) is 0 Å². The maximum absolute atomic E-state index is 13.0. The molecule has 0 radical (unpaired) electrons. The number of nitrogens with zero attached hydrogens (tertiary/aromatic N) is 1. The van der Waals surface area contributed by atoms with Crippen LogP contribution in [0.3, 0.4) is 0 Å². The fourth-order valence-corrected chi connectivity index (χ4v) is 2.93. The van der Waals surface area contributed by atoms with Crippen molar-refractivity contribution in [3.63, 3.8) is 0 Å². The number of rotatable bonds is 3. The highest BCUT2D eigenvalue weighted by Gasteiger charge is 2.57. The molecule has 1 aliphatic carbocycles. The van der Waals surface area contributed by atoms with Crippen LogP contribution < -0.4 is 0 Å². The first-order chi connectivity index (χ1) is 8.95. The first-order valence-electron chi connectivity index (χ1n) is 7.17. The lowest BCUT2D eigenvalue weighted by molar-refractivity contribution is 0.0853. The van der Waals surface area contributed by atoms with E-state index in [1.165, 1.54) is 16.7 Å². The molecule has 1 atom stereocenters. The van der Waals surface area contributed by atoms with Crippen LogP contribution in [0.15, 0.2) is 18.2 Å². The maximum Gasteiger partial charge on any atom is 0.252 e. The Bertz CT molecular complexity index is 482. The molecule has 1 aromatic carbocycles. The molecule has 0 amide bonds. The lowest BCUT2D eigenvalue weighted by Crippen LogP contribution is -2.33. The molecule has 1 heterocycles. The van der Waals surface area contributed by atoms with E-state index in [2.05, 4.69) is 36.9 Å². The van der Waals surface area contributed by atoms with Gasteiger partial charge in [0.2, 0.25) is 0 Å². The minimum atomic E-state index is -2.39. The van der Waals surface area contributed by atoms with Gasteiger partial charge in [-0.25, -0.2) is 8.78 Å². The predicted molar refractivity (Wildman–Crippen MR) is 72.6 cm³/mol. The van der Waals surface area contributed by atoms with Crippen molar-refractivity contribution in [2.24, 2.45) is 5.92 Å². The van der Waals surface area contributed by atoms with Crippen molar-refractivity contribution >= 4 is 0 Å². The van der Waals surface area contributed by atoms with E-state index in [0.29, 0.717) is 12.5 Å². The molecule has 1 fully saturated rings. The van der Waals surface area contributed by atoms with Gasteiger partial charge in [0.1, 0.15) is 0 Å². The topological polar surface area (TPSA) is 3.24 Å². The van der Waals surface area contributed by atoms with Gasteiger partial charge in [-0.05, 0) is 29.0 Å². The Hall–Kier alpha value is -0.960. The van der Waals surface area contributed by atoms with Crippen molar-refractivity contribution in [1.29, 1.82) is 0 Å². The Kier molecular flexibility index (Phi) is 3.12. The number of alkyl halides is 2. The zero-order valence-electron chi connectivity index (χ0n) is 11.6. The maximum atomic E-state index is 13.0. The smallest absolute Gasteiger partial charge is 0.252 e. The molecule has 0 bridgehead atoms. The van der Waals surface area contributed by atoms with Crippen molar-refractivity contribution in [2.45, 2.75) is 45.1 Å². The molecule has 1 nitrogen and oxygen atoms in total. The van der Waals surface area contributed by atoms with Crippen LogP contribution in [-0.2, 0) is 13.0 Å². The summed E-state index contributed by atoms with van der Waals surface area (Å²) in [5.74, 6) is -2.27. The minimum Gasteiger partial charge on any atom is -0.298 e. The van der Waals surface area contributed by atoms with E-state index in [9.17, 15) is 8.78 Å². The molecule has 3 heteroatoms. The van der Waals surface area contributed by atoms with Crippen LogP contribution in [0.2, 0.25) is 0 Å². The Morgan fingerprint density at radius 1 is 1.32 bits per heavy atom. The summed E-state index contributed by atoms with van der Waals surface area (Å²) in [7, 11) is 0. The van der Waals surface area contributed by atoms with Crippen LogP contribution in [0.25, 0.3) is 0 Å². The minimum absolute atomic E-state index is 0.0857. The Morgan fingerprint density at radius 2 is 2.05 bits per heavy atom. The number of halogens is 2. The van der Waals surface area contributed by atoms with Gasteiger partial charge in [-0.1, -0.05) is 32.0 Å². The molecule has 0 aromatic heterocycles. The van der Waals surface area contributed by atoms with Crippen LogP contribution in [0.5, 0.6) is 0 Å². The Labute approximate surface area is 113 Å². The fraction of sp³-hybridized carbons (Fsp3) is 0.625. The lowest BCUT2D eigenvalue weighted by Gasteiger charge is -2.29. The van der Waals surface area contributed by atoms with Crippen molar-refractivity contribution < 1.29 is 8.78 Å². The van der Waals surface area contributed by atoms with Gasteiger partial charge in [-0.3, -0.25) is 4.90 Å². The van der Waals surface area contributed by atoms with Crippen LogP contribution >= 0.6 is 0 Å². The molecule has 3 rings (SSSR count). The second-order valence-electron chi connectivity index (χ2n) is 6.33. The molecular weight excluding hydrogens is 244 g/mol. The SMILES string of the molecule is CC(C)c1ccc2c(c1)CN(CC1CC1(F)F)CC2. The Balaban J connectivity index is 1.70. The predicted octanol–water partition coefficient (Wildman–Crippen LogP) is 3.82.